The first kappa shape index (κ1) is 21.9. The van der Waals surface area contributed by atoms with E-state index in [1.54, 1.807) is 48.5 Å². The number of carbonyl (C=O) groups is 3. The summed E-state index contributed by atoms with van der Waals surface area (Å²) in [4.78, 5) is 38.5. The Labute approximate surface area is 183 Å². The van der Waals surface area contributed by atoms with Gasteiger partial charge in [-0.05, 0) is 59.8 Å². The molecule has 1 saturated heterocycles. The lowest BCUT2D eigenvalue weighted by Gasteiger charge is -2.13. The molecule has 2 aromatic carbocycles. The molecule has 8 nitrogen and oxygen atoms in total. The third-order valence-corrected chi connectivity index (χ3v) is 5.38. The number of nitrogens with zero attached hydrogens (tertiary/aromatic N) is 2. The van der Waals surface area contributed by atoms with E-state index in [9.17, 15) is 14.4 Å². The lowest BCUT2D eigenvalue weighted by Crippen LogP contribution is -2.37. The first-order valence-electron chi connectivity index (χ1n) is 9.22. The minimum atomic E-state index is -0.419. The van der Waals surface area contributed by atoms with Crippen molar-refractivity contribution in [3.8, 4) is 17.6 Å². The molecule has 1 heterocycles. The zero-order valence-electron chi connectivity index (χ0n) is 16.9. The molecule has 1 fully saturated rings. The van der Waals surface area contributed by atoms with Crippen LogP contribution in [-0.4, -0.2) is 49.3 Å². The van der Waals surface area contributed by atoms with Gasteiger partial charge in [0.1, 0.15) is 0 Å². The van der Waals surface area contributed by atoms with Gasteiger partial charge in [0.15, 0.2) is 11.5 Å². The maximum Gasteiger partial charge on any atom is 0.293 e. The molecular formula is C22H19N3O5S. The van der Waals surface area contributed by atoms with Crippen molar-refractivity contribution in [2.24, 2.45) is 0 Å². The van der Waals surface area contributed by atoms with Crippen LogP contribution in [0, 0.1) is 11.3 Å². The van der Waals surface area contributed by atoms with Crippen molar-refractivity contribution in [2.45, 2.75) is 0 Å². The lowest BCUT2D eigenvalue weighted by molar-refractivity contribution is -0.122. The molecule has 0 aromatic heterocycles. The van der Waals surface area contributed by atoms with E-state index in [2.05, 4.69) is 5.32 Å². The summed E-state index contributed by atoms with van der Waals surface area (Å²) >= 11 is 0.842. The fraction of sp³-hybridized carbons (Fsp3) is 0.182. The average Bonchev–Trinajstić information content (AvgIpc) is 3.06. The molecule has 0 radical (unpaired) electrons. The van der Waals surface area contributed by atoms with Crippen molar-refractivity contribution in [3.63, 3.8) is 0 Å². The molecule has 9 heteroatoms. The molecule has 2 aromatic rings. The molecule has 1 N–H and O–H groups in total. The highest BCUT2D eigenvalue weighted by Crippen LogP contribution is 2.34. The summed E-state index contributed by atoms with van der Waals surface area (Å²) in [5, 5.41) is 11.1. The van der Waals surface area contributed by atoms with Crippen LogP contribution >= 0.6 is 11.8 Å². The summed E-state index contributed by atoms with van der Waals surface area (Å²) in [7, 11) is 3.05. The number of imide groups is 1. The van der Waals surface area contributed by atoms with Crippen molar-refractivity contribution < 1.29 is 23.9 Å². The summed E-state index contributed by atoms with van der Waals surface area (Å²) in [6.07, 6.45) is 1.61. The van der Waals surface area contributed by atoms with Crippen LogP contribution in [0.3, 0.4) is 0 Å². The first-order valence-corrected chi connectivity index (χ1v) is 10.0. The third kappa shape index (κ3) is 5.05. The van der Waals surface area contributed by atoms with Gasteiger partial charge in [-0.3, -0.25) is 19.3 Å². The molecule has 0 bridgehead atoms. The molecule has 158 valence electrons. The monoisotopic (exact) mass is 437 g/mol. The highest BCUT2D eigenvalue weighted by atomic mass is 32.2. The Morgan fingerprint density at radius 2 is 1.84 bits per heavy atom. The van der Waals surface area contributed by atoms with E-state index in [1.807, 2.05) is 6.07 Å². The predicted molar refractivity (Wildman–Crippen MR) is 116 cm³/mol. The lowest BCUT2D eigenvalue weighted by atomic mass is 10.1. The molecule has 0 unspecified atom stereocenters. The van der Waals surface area contributed by atoms with Crippen LogP contribution in [0.1, 0.15) is 21.5 Å². The zero-order chi connectivity index (χ0) is 22.4. The first-order chi connectivity index (χ1) is 15.0. The Kier molecular flexibility index (Phi) is 6.95. The van der Waals surface area contributed by atoms with Gasteiger partial charge >= 0.3 is 0 Å². The smallest absolute Gasteiger partial charge is 0.293 e. The van der Waals surface area contributed by atoms with E-state index in [0.717, 1.165) is 16.7 Å². The molecule has 31 heavy (non-hydrogen) atoms. The third-order valence-electron chi connectivity index (χ3n) is 4.48. The summed E-state index contributed by atoms with van der Waals surface area (Å²) in [6.45, 7) is 0.163. The molecule has 0 saturated carbocycles. The number of ether oxygens (including phenoxy) is 2. The fourth-order valence-corrected chi connectivity index (χ4v) is 3.73. The Morgan fingerprint density at radius 3 is 2.48 bits per heavy atom. The number of thioether (sulfide) groups is 1. The Morgan fingerprint density at radius 1 is 1.13 bits per heavy atom. The van der Waals surface area contributed by atoms with Crippen LogP contribution in [0.5, 0.6) is 11.5 Å². The van der Waals surface area contributed by atoms with E-state index in [1.165, 1.54) is 14.2 Å². The maximum atomic E-state index is 12.6. The molecule has 3 amide bonds. The van der Waals surface area contributed by atoms with Crippen LogP contribution in [-0.2, 0) is 4.79 Å². The number of nitriles is 1. The SMILES string of the molecule is COc1ccc(C=C2SC(=O)N(CCNC(=O)c3ccc(C#N)cc3)C2=O)cc1OC. The van der Waals surface area contributed by atoms with Gasteiger partial charge in [-0.2, -0.15) is 5.26 Å². The molecule has 1 aliphatic heterocycles. The topological polar surface area (TPSA) is 109 Å². The highest BCUT2D eigenvalue weighted by Gasteiger charge is 2.34. The van der Waals surface area contributed by atoms with Crippen LogP contribution in [0.15, 0.2) is 47.4 Å². The number of nitrogens with one attached hydrogen (secondary N) is 1. The Bertz CT molecular complexity index is 1090. The van der Waals surface area contributed by atoms with Crippen molar-refractivity contribution in [2.75, 3.05) is 27.3 Å². The van der Waals surface area contributed by atoms with Crippen LogP contribution in [0.2, 0.25) is 0 Å². The number of rotatable bonds is 7. The maximum absolute atomic E-state index is 12.6. The zero-order valence-corrected chi connectivity index (χ0v) is 17.7. The summed E-state index contributed by atoms with van der Waals surface area (Å²) in [6, 6.07) is 13.3. The largest absolute Gasteiger partial charge is 0.493 e. The summed E-state index contributed by atoms with van der Waals surface area (Å²) in [5.74, 6) is 0.307. The van der Waals surface area contributed by atoms with Gasteiger partial charge in [0, 0.05) is 18.7 Å². The molecule has 1 aliphatic rings. The van der Waals surface area contributed by atoms with E-state index < -0.39 is 11.1 Å². The molecule has 0 aliphatic carbocycles. The van der Waals surface area contributed by atoms with Gasteiger partial charge in [0.2, 0.25) is 0 Å². The van der Waals surface area contributed by atoms with Crippen molar-refractivity contribution >= 4 is 34.9 Å². The van der Waals surface area contributed by atoms with Crippen molar-refractivity contribution in [3.05, 3.63) is 64.1 Å². The number of amides is 3. The normalized spacial score (nSPS) is 14.5. The summed E-state index contributed by atoms with van der Waals surface area (Å²) < 4.78 is 10.5. The Balaban J connectivity index is 1.61. The van der Waals surface area contributed by atoms with E-state index >= 15 is 0 Å². The van der Waals surface area contributed by atoms with Crippen LogP contribution < -0.4 is 14.8 Å². The number of carbonyl (C=O) groups excluding carboxylic acids is 3. The number of hydrogen-bond donors (Lipinski definition) is 1. The van der Waals surface area contributed by atoms with Crippen LogP contribution in [0.25, 0.3) is 6.08 Å². The van der Waals surface area contributed by atoms with Crippen LogP contribution in [0.4, 0.5) is 4.79 Å². The van der Waals surface area contributed by atoms with Gasteiger partial charge in [-0.25, -0.2) is 0 Å². The quantitative estimate of drug-likeness (QED) is 0.663. The second-order valence-corrected chi connectivity index (χ2v) is 7.39. The predicted octanol–water partition coefficient (Wildman–Crippen LogP) is 3.04. The molecule has 3 rings (SSSR count). The van der Waals surface area contributed by atoms with E-state index in [0.29, 0.717) is 28.2 Å². The Hall–Kier alpha value is -3.77. The highest BCUT2D eigenvalue weighted by molar-refractivity contribution is 8.18. The second-order valence-electron chi connectivity index (χ2n) is 6.39. The molecular weight excluding hydrogens is 418 g/mol. The summed E-state index contributed by atoms with van der Waals surface area (Å²) in [5.41, 5.74) is 1.54. The van der Waals surface area contributed by atoms with Gasteiger partial charge in [-0.1, -0.05) is 6.07 Å². The minimum Gasteiger partial charge on any atom is -0.493 e. The molecule has 0 spiro atoms. The average molecular weight is 437 g/mol. The van der Waals surface area contributed by atoms with Gasteiger partial charge in [0.25, 0.3) is 17.1 Å². The van der Waals surface area contributed by atoms with Crippen molar-refractivity contribution in [1.82, 2.24) is 10.2 Å². The fourth-order valence-electron chi connectivity index (χ4n) is 2.87. The number of benzene rings is 2. The standard InChI is InChI=1S/C22H19N3O5S/c1-29-17-8-5-15(11-18(17)30-2)12-19-21(27)25(22(28)31-19)10-9-24-20(26)16-6-3-14(13-23)4-7-16/h3-8,11-12H,9-10H2,1-2H3,(H,24,26). The van der Waals surface area contributed by atoms with Crippen molar-refractivity contribution in [1.29, 1.82) is 5.26 Å². The van der Waals surface area contributed by atoms with Gasteiger partial charge in [0.05, 0.1) is 30.8 Å². The van der Waals surface area contributed by atoms with E-state index in [-0.39, 0.29) is 23.9 Å². The number of methoxy groups -OCH3 is 2. The van der Waals surface area contributed by atoms with Gasteiger partial charge in [-0.15, -0.1) is 0 Å². The van der Waals surface area contributed by atoms with Gasteiger partial charge < -0.3 is 14.8 Å². The minimum absolute atomic E-state index is 0.0515. The number of hydrogen-bond acceptors (Lipinski definition) is 7. The molecule has 0 atom stereocenters. The van der Waals surface area contributed by atoms with E-state index in [4.69, 9.17) is 14.7 Å². The second kappa shape index (κ2) is 9.82.